The van der Waals surface area contributed by atoms with Crippen LogP contribution in [0.15, 0.2) is 17.1 Å². The van der Waals surface area contributed by atoms with E-state index in [2.05, 4.69) is 4.98 Å². The standard InChI is InChI=1S/C6H16O3Si.C3H3NS/c1-4-7-10(8-5-2)9-6-3;1-2-5-3-4-1/h10H,4-6H2,1-3H3;1-3H. The second-order valence-electron chi connectivity index (χ2n) is 2.33. The van der Waals surface area contributed by atoms with Crippen LogP contribution in [-0.2, 0) is 13.3 Å². The van der Waals surface area contributed by atoms with Gasteiger partial charge in [0, 0.05) is 31.4 Å². The summed E-state index contributed by atoms with van der Waals surface area (Å²) in [5.74, 6) is 0. The summed E-state index contributed by atoms with van der Waals surface area (Å²) in [6.45, 7) is 7.86. The first-order valence-electron chi connectivity index (χ1n) is 5.02. The van der Waals surface area contributed by atoms with Crippen molar-refractivity contribution in [2.24, 2.45) is 0 Å². The fourth-order valence-corrected chi connectivity index (χ4v) is 2.18. The lowest BCUT2D eigenvalue weighted by Gasteiger charge is -2.12. The largest absolute Gasteiger partial charge is 0.484 e. The molecule has 0 N–H and O–H groups in total. The molecule has 0 aromatic carbocycles. The van der Waals surface area contributed by atoms with Gasteiger partial charge < -0.3 is 13.3 Å². The zero-order valence-corrected chi connectivity index (χ0v) is 11.5. The van der Waals surface area contributed by atoms with Gasteiger partial charge in [-0.05, 0) is 20.8 Å². The number of hydrogen-bond acceptors (Lipinski definition) is 5. The minimum atomic E-state index is -1.73. The second kappa shape index (κ2) is 11.8. The summed E-state index contributed by atoms with van der Waals surface area (Å²) < 4.78 is 15.7. The van der Waals surface area contributed by atoms with Crippen molar-refractivity contribution in [2.75, 3.05) is 19.8 Å². The molecule has 15 heavy (non-hydrogen) atoms. The second-order valence-corrected chi connectivity index (χ2v) is 4.66. The van der Waals surface area contributed by atoms with Crippen molar-refractivity contribution in [2.45, 2.75) is 20.8 Å². The van der Waals surface area contributed by atoms with Gasteiger partial charge in [-0.25, -0.2) is 0 Å². The maximum absolute atomic E-state index is 5.22. The van der Waals surface area contributed by atoms with Crippen LogP contribution >= 0.6 is 11.3 Å². The van der Waals surface area contributed by atoms with Gasteiger partial charge in [0.15, 0.2) is 0 Å². The highest BCUT2D eigenvalue weighted by Gasteiger charge is 2.11. The summed E-state index contributed by atoms with van der Waals surface area (Å²) in [4.78, 5) is 3.74. The highest BCUT2D eigenvalue weighted by molar-refractivity contribution is 7.07. The zero-order valence-electron chi connectivity index (χ0n) is 9.51. The molecule has 1 aromatic rings. The number of hydrogen-bond donors (Lipinski definition) is 0. The smallest absolute Gasteiger partial charge is 0.376 e. The van der Waals surface area contributed by atoms with Crippen LogP contribution in [-0.4, -0.2) is 34.3 Å². The minimum absolute atomic E-state index is 0.677. The third-order valence-corrected chi connectivity index (χ3v) is 3.59. The Labute approximate surface area is 97.2 Å². The first-order valence-corrected chi connectivity index (χ1v) is 7.37. The molecule has 6 heteroatoms. The Morgan fingerprint density at radius 2 is 1.60 bits per heavy atom. The van der Waals surface area contributed by atoms with Crippen LogP contribution in [0.4, 0.5) is 0 Å². The first-order chi connectivity index (χ1) is 7.35. The summed E-state index contributed by atoms with van der Waals surface area (Å²) in [6.07, 6.45) is 1.77. The molecule has 1 aromatic heterocycles. The summed E-state index contributed by atoms with van der Waals surface area (Å²) >= 11 is 1.60. The van der Waals surface area contributed by atoms with Gasteiger partial charge in [-0.1, -0.05) is 0 Å². The van der Waals surface area contributed by atoms with Gasteiger partial charge in [-0.15, -0.1) is 11.3 Å². The van der Waals surface area contributed by atoms with Gasteiger partial charge >= 0.3 is 9.53 Å². The average molecular weight is 249 g/mol. The van der Waals surface area contributed by atoms with E-state index in [4.69, 9.17) is 13.3 Å². The highest BCUT2D eigenvalue weighted by atomic mass is 32.1. The summed E-state index contributed by atoms with van der Waals surface area (Å²) in [5.41, 5.74) is 1.79. The van der Waals surface area contributed by atoms with Crippen LogP contribution in [0.2, 0.25) is 0 Å². The van der Waals surface area contributed by atoms with Gasteiger partial charge in [0.05, 0.1) is 5.51 Å². The molecule has 0 aliphatic heterocycles. The molecule has 1 heterocycles. The average Bonchev–Trinajstić information content (AvgIpc) is 2.77. The number of rotatable bonds is 6. The van der Waals surface area contributed by atoms with Crippen molar-refractivity contribution in [3.8, 4) is 0 Å². The Bertz CT molecular complexity index is 168. The molecule has 0 aliphatic rings. The van der Waals surface area contributed by atoms with Crippen LogP contribution in [0, 0.1) is 0 Å². The molecule has 0 unspecified atom stereocenters. The van der Waals surface area contributed by atoms with Crippen molar-refractivity contribution in [1.29, 1.82) is 0 Å². The normalized spacial score (nSPS) is 9.87. The molecule has 0 fully saturated rings. The zero-order chi connectivity index (χ0) is 11.4. The Morgan fingerprint density at radius 3 is 1.80 bits per heavy atom. The Morgan fingerprint density at radius 1 is 1.07 bits per heavy atom. The Balaban J connectivity index is 0.000000322. The third-order valence-electron chi connectivity index (χ3n) is 1.26. The Kier molecular flexibility index (Phi) is 11.6. The van der Waals surface area contributed by atoms with Crippen LogP contribution in [0.3, 0.4) is 0 Å². The lowest BCUT2D eigenvalue weighted by atomic mass is 10.9. The third kappa shape index (κ3) is 10.0. The number of nitrogens with zero attached hydrogens (tertiary/aromatic N) is 1. The van der Waals surface area contributed by atoms with Crippen LogP contribution in [0.1, 0.15) is 20.8 Å². The lowest BCUT2D eigenvalue weighted by molar-refractivity contribution is 0.107. The van der Waals surface area contributed by atoms with E-state index in [1.807, 2.05) is 26.2 Å². The van der Waals surface area contributed by atoms with E-state index in [1.165, 1.54) is 0 Å². The van der Waals surface area contributed by atoms with E-state index in [0.29, 0.717) is 19.8 Å². The van der Waals surface area contributed by atoms with Crippen molar-refractivity contribution >= 4 is 20.9 Å². The van der Waals surface area contributed by atoms with E-state index >= 15 is 0 Å². The predicted molar refractivity (Wildman–Crippen MR) is 64.1 cm³/mol. The monoisotopic (exact) mass is 249 g/mol. The topological polar surface area (TPSA) is 40.6 Å². The maximum atomic E-state index is 5.22. The molecule has 0 amide bonds. The molecule has 0 aliphatic carbocycles. The molecule has 0 saturated heterocycles. The SMILES string of the molecule is CCO[SiH](OCC)OCC.c1cscn1. The lowest BCUT2D eigenvalue weighted by Crippen LogP contribution is -2.27. The summed E-state index contributed by atoms with van der Waals surface area (Å²) in [6, 6.07) is 0. The highest BCUT2D eigenvalue weighted by Crippen LogP contribution is 1.91. The van der Waals surface area contributed by atoms with Gasteiger partial charge in [-0.2, -0.15) is 0 Å². The van der Waals surface area contributed by atoms with E-state index in [-0.39, 0.29) is 0 Å². The van der Waals surface area contributed by atoms with Crippen LogP contribution in [0.25, 0.3) is 0 Å². The predicted octanol–water partition coefficient (Wildman–Crippen LogP) is 1.96. The minimum Gasteiger partial charge on any atom is -0.376 e. The van der Waals surface area contributed by atoms with E-state index in [9.17, 15) is 0 Å². The number of thiazole rings is 1. The van der Waals surface area contributed by atoms with Crippen molar-refractivity contribution in [3.63, 3.8) is 0 Å². The Hall–Kier alpha value is -0.273. The molecule has 1 rings (SSSR count). The molecule has 0 saturated carbocycles. The fraction of sp³-hybridized carbons (Fsp3) is 0.667. The summed E-state index contributed by atoms with van der Waals surface area (Å²) in [7, 11) is -1.73. The van der Waals surface area contributed by atoms with Crippen molar-refractivity contribution in [3.05, 3.63) is 17.1 Å². The van der Waals surface area contributed by atoms with Crippen LogP contribution in [0.5, 0.6) is 0 Å². The summed E-state index contributed by atoms with van der Waals surface area (Å²) in [5, 5.41) is 1.93. The fourth-order valence-electron chi connectivity index (χ4n) is 0.728. The van der Waals surface area contributed by atoms with Gasteiger partial charge in [0.25, 0.3) is 0 Å². The van der Waals surface area contributed by atoms with Crippen molar-refractivity contribution < 1.29 is 13.3 Å². The van der Waals surface area contributed by atoms with E-state index < -0.39 is 9.53 Å². The molecule has 4 nitrogen and oxygen atoms in total. The molecule has 88 valence electrons. The van der Waals surface area contributed by atoms with Crippen LogP contribution < -0.4 is 0 Å². The van der Waals surface area contributed by atoms with Gasteiger partial charge in [0.1, 0.15) is 0 Å². The van der Waals surface area contributed by atoms with E-state index in [0.717, 1.165) is 0 Å². The van der Waals surface area contributed by atoms with E-state index in [1.54, 1.807) is 23.0 Å². The van der Waals surface area contributed by atoms with Gasteiger partial charge in [-0.3, -0.25) is 4.98 Å². The maximum Gasteiger partial charge on any atom is 0.484 e. The van der Waals surface area contributed by atoms with Crippen molar-refractivity contribution in [1.82, 2.24) is 4.98 Å². The molecule has 0 spiro atoms. The molecule has 0 atom stereocenters. The molecule has 0 radical (unpaired) electrons. The quantitative estimate of drug-likeness (QED) is 0.723. The van der Waals surface area contributed by atoms with Gasteiger partial charge in [0.2, 0.25) is 0 Å². The molecule has 0 bridgehead atoms. The molecular weight excluding hydrogens is 230 g/mol. The molecular formula is C9H19NO3SSi. The number of aromatic nitrogens is 1. The first kappa shape index (κ1) is 14.7.